The van der Waals surface area contributed by atoms with E-state index in [0.29, 0.717) is 5.69 Å². The van der Waals surface area contributed by atoms with Gasteiger partial charge in [0.1, 0.15) is 17.5 Å². The molecule has 0 atom stereocenters. The predicted octanol–water partition coefficient (Wildman–Crippen LogP) is 5.09. The number of rotatable bonds is 4. The van der Waals surface area contributed by atoms with Crippen molar-refractivity contribution in [1.29, 1.82) is 5.26 Å². The summed E-state index contributed by atoms with van der Waals surface area (Å²) < 4.78 is 15.2. The van der Waals surface area contributed by atoms with Crippen molar-refractivity contribution in [2.45, 2.75) is 20.8 Å². The van der Waals surface area contributed by atoms with E-state index < -0.39 is 5.91 Å². The smallest absolute Gasteiger partial charge is 0.266 e. The number of hydrogen-bond acceptors (Lipinski definition) is 2. The zero-order valence-corrected chi connectivity index (χ0v) is 16.0. The molecule has 0 aliphatic rings. The molecule has 140 valence electrons. The Bertz CT molecular complexity index is 1100. The number of carbonyl (C=O) groups excluding carboxylic acids is 1. The van der Waals surface area contributed by atoms with Crippen molar-refractivity contribution in [2.24, 2.45) is 0 Å². The zero-order valence-electron chi connectivity index (χ0n) is 16.0. The highest BCUT2D eigenvalue weighted by molar-refractivity contribution is 6.09. The first-order valence-electron chi connectivity index (χ1n) is 8.83. The molecule has 0 saturated carbocycles. The Morgan fingerprint density at radius 3 is 2.46 bits per heavy atom. The van der Waals surface area contributed by atoms with Crippen LogP contribution < -0.4 is 5.32 Å². The maximum atomic E-state index is 13.2. The average Bonchev–Trinajstić information content (AvgIpc) is 2.94. The molecule has 3 rings (SSSR count). The molecule has 2 aromatic carbocycles. The van der Waals surface area contributed by atoms with Crippen molar-refractivity contribution in [3.8, 4) is 11.8 Å². The lowest BCUT2D eigenvalue weighted by molar-refractivity contribution is -0.112. The van der Waals surface area contributed by atoms with Gasteiger partial charge in [-0.15, -0.1) is 0 Å². The number of nitriles is 1. The molecule has 3 aromatic rings. The van der Waals surface area contributed by atoms with Crippen LogP contribution in [0.15, 0.2) is 60.2 Å². The summed E-state index contributed by atoms with van der Waals surface area (Å²) in [6, 6.07) is 17.5. The molecule has 28 heavy (non-hydrogen) atoms. The number of benzene rings is 2. The number of carbonyl (C=O) groups is 1. The third-order valence-electron chi connectivity index (χ3n) is 4.50. The number of hydrogen-bond donors (Lipinski definition) is 1. The number of nitrogens with one attached hydrogen (secondary N) is 1. The minimum Gasteiger partial charge on any atom is -0.321 e. The van der Waals surface area contributed by atoms with Crippen LogP contribution >= 0.6 is 0 Å². The van der Waals surface area contributed by atoms with Crippen molar-refractivity contribution in [3.05, 3.63) is 88.5 Å². The van der Waals surface area contributed by atoms with Gasteiger partial charge in [-0.05, 0) is 80.4 Å². The van der Waals surface area contributed by atoms with Gasteiger partial charge >= 0.3 is 0 Å². The molecule has 0 bridgehead atoms. The normalized spacial score (nSPS) is 11.2. The van der Waals surface area contributed by atoms with Gasteiger partial charge in [-0.25, -0.2) is 4.39 Å². The van der Waals surface area contributed by atoms with Gasteiger partial charge in [0.2, 0.25) is 0 Å². The number of halogens is 1. The van der Waals surface area contributed by atoms with Gasteiger partial charge in [-0.3, -0.25) is 4.79 Å². The standard InChI is InChI=1S/C23H20FN3O/c1-15-5-4-6-21(11-15)26-23(28)19(14-25)13-18-12-16(2)27(17(18)3)22-9-7-20(24)8-10-22/h4-13H,1-3H3,(H,26,28)/b19-13+. The molecule has 0 saturated heterocycles. The fraction of sp³-hybridized carbons (Fsp3) is 0.130. The molecular weight excluding hydrogens is 353 g/mol. The fourth-order valence-corrected chi connectivity index (χ4v) is 3.15. The van der Waals surface area contributed by atoms with E-state index in [9.17, 15) is 14.4 Å². The maximum Gasteiger partial charge on any atom is 0.266 e. The lowest BCUT2D eigenvalue weighted by atomic mass is 10.1. The number of aryl methyl sites for hydroxylation is 2. The molecule has 0 fully saturated rings. The second kappa shape index (κ2) is 7.93. The first-order valence-corrected chi connectivity index (χ1v) is 8.83. The maximum absolute atomic E-state index is 13.2. The van der Waals surface area contributed by atoms with E-state index in [0.717, 1.165) is 28.2 Å². The van der Waals surface area contributed by atoms with Crippen molar-refractivity contribution < 1.29 is 9.18 Å². The lowest BCUT2D eigenvalue weighted by Gasteiger charge is -2.09. The molecule has 0 radical (unpaired) electrons. The van der Waals surface area contributed by atoms with E-state index in [-0.39, 0.29) is 11.4 Å². The van der Waals surface area contributed by atoms with Gasteiger partial charge in [-0.2, -0.15) is 5.26 Å². The Balaban J connectivity index is 1.93. The minimum absolute atomic E-state index is 0.0147. The van der Waals surface area contributed by atoms with Crippen LogP contribution in [-0.2, 0) is 4.79 Å². The Kier molecular flexibility index (Phi) is 5.42. The Hall–Kier alpha value is -3.65. The highest BCUT2D eigenvalue weighted by Gasteiger charge is 2.14. The third-order valence-corrected chi connectivity index (χ3v) is 4.50. The molecule has 1 N–H and O–H groups in total. The molecule has 0 spiro atoms. The van der Waals surface area contributed by atoms with Crippen LogP contribution in [0.5, 0.6) is 0 Å². The molecule has 4 nitrogen and oxygen atoms in total. The van der Waals surface area contributed by atoms with Gasteiger partial charge in [-0.1, -0.05) is 12.1 Å². The van der Waals surface area contributed by atoms with Crippen LogP contribution in [0.1, 0.15) is 22.5 Å². The second-order valence-electron chi connectivity index (χ2n) is 6.63. The van der Waals surface area contributed by atoms with E-state index in [2.05, 4.69) is 5.32 Å². The van der Waals surface area contributed by atoms with E-state index >= 15 is 0 Å². The summed E-state index contributed by atoms with van der Waals surface area (Å²) in [6.45, 7) is 5.75. The van der Waals surface area contributed by atoms with Gasteiger partial charge in [0.25, 0.3) is 5.91 Å². The van der Waals surface area contributed by atoms with Crippen LogP contribution in [-0.4, -0.2) is 10.5 Å². The highest BCUT2D eigenvalue weighted by Crippen LogP contribution is 2.23. The van der Waals surface area contributed by atoms with E-state index in [1.165, 1.54) is 12.1 Å². The van der Waals surface area contributed by atoms with Crippen LogP contribution in [0, 0.1) is 37.9 Å². The average molecular weight is 373 g/mol. The van der Waals surface area contributed by atoms with Crippen molar-refractivity contribution in [2.75, 3.05) is 5.32 Å². The Morgan fingerprint density at radius 2 is 1.82 bits per heavy atom. The van der Waals surface area contributed by atoms with Crippen molar-refractivity contribution >= 4 is 17.7 Å². The molecule has 1 amide bonds. The Morgan fingerprint density at radius 1 is 1.11 bits per heavy atom. The summed E-state index contributed by atoms with van der Waals surface area (Å²) in [5, 5.41) is 12.2. The summed E-state index contributed by atoms with van der Waals surface area (Å²) in [6.07, 6.45) is 1.58. The van der Waals surface area contributed by atoms with E-state index in [4.69, 9.17) is 0 Å². The topological polar surface area (TPSA) is 57.8 Å². The second-order valence-corrected chi connectivity index (χ2v) is 6.63. The summed E-state index contributed by atoms with van der Waals surface area (Å²) in [4.78, 5) is 12.5. The van der Waals surface area contributed by atoms with Crippen LogP contribution in [0.4, 0.5) is 10.1 Å². The summed E-state index contributed by atoms with van der Waals surface area (Å²) >= 11 is 0. The monoisotopic (exact) mass is 373 g/mol. The van der Waals surface area contributed by atoms with Gasteiger partial charge in [0.05, 0.1) is 0 Å². The summed E-state index contributed by atoms with van der Waals surface area (Å²) in [5.74, 6) is -0.759. The largest absolute Gasteiger partial charge is 0.321 e. The zero-order chi connectivity index (χ0) is 20.3. The van der Waals surface area contributed by atoms with Crippen molar-refractivity contribution in [1.82, 2.24) is 4.57 Å². The first-order chi connectivity index (χ1) is 13.4. The molecule has 1 aromatic heterocycles. The van der Waals surface area contributed by atoms with Crippen LogP contribution in [0.3, 0.4) is 0 Å². The molecular formula is C23H20FN3O. The minimum atomic E-state index is -0.459. The fourth-order valence-electron chi connectivity index (χ4n) is 3.15. The number of aromatic nitrogens is 1. The molecule has 0 aliphatic heterocycles. The Labute approximate surface area is 163 Å². The van der Waals surface area contributed by atoms with Gasteiger partial charge < -0.3 is 9.88 Å². The summed E-state index contributed by atoms with van der Waals surface area (Å²) in [7, 11) is 0. The van der Waals surface area contributed by atoms with Crippen LogP contribution in [0.25, 0.3) is 11.8 Å². The lowest BCUT2D eigenvalue weighted by Crippen LogP contribution is -2.13. The van der Waals surface area contributed by atoms with E-state index in [1.54, 1.807) is 24.3 Å². The quantitative estimate of drug-likeness (QED) is 0.512. The van der Waals surface area contributed by atoms with E-state index in [1.807, 2.05) is 55.7 Å². The van der Waals surface area contributed by atoms with Gasteiger partial charge in [0, 0.05) is 22.8 Å². The van der Waals surface area contributed by atoms with Crippen molar-refractivity contribution in [3.63, 3.8) is 0 Å². The predicted molar refractivity (Wildman–Crippen MR) is 109 cm³/mol. The molecule has 5 heteroatoms. The number of nitrogens with zero attached hydrogens (tertiary/aromatic N) is 2. The molecule has 1 heterocycles. The molecule has 0 aliphatic carbocycles. The first kappa shape index (κ1) is 19.1. The number of anilines is 1. The molecule has 0 unspecified atom stereocenters. The van der Waals surface area contributed by atoms with Crippen LogP contribution in [0.2, 0.25) is 0 Å². The summed E-state index contributed by atoms with van der Waals surface area (Å²) in [5.41, 5.74) is 5.04. The third kappa shape index (κ3) is 4.02. The SMILES string of the molecule is Cc1cccc(NC(=O)/C(C#N)=C/c2cc(C)n(-c3ccc(F)cc3)c2C)c1. The van der Waals surface area contributed by atoms with Gasteiger partial charge in [0.15, 0.2) is 0 Å². The highest BCUT2D eigenvalue weighted by atomic mass is 19.1. The number of amides is 1.